The molecule has 1 atom stereocenters. The van der Waals surface area contributed by atoms with Crippen LogP contribution in [0.4, 0.5) is 5.69 Å². The molecule has 6 heteroatoms. The smallest absolute Gasteiger partial charge is 0.237 e. The SMILES string of the molecule is CN(C)c1ccc([C@@H](N2CCCCC2)P(=O)(N2CCCCC2)N2CCCCC2)cc1. The molecule has 30 heavy (non-hydrogen) atoms. The molecule has 0 unspecified atom stereocenters. The average Bonchev–Trinajstić information content (AvgIpc) is 2.81. The molecule has 0 spiro atoms. The van der Waals surface area contributed by atoms with Gasteiger partial charge in [0.1, 0.15) is 5.78 Å². The van der Waals surface area contributed by atoms with Crippen molar-refractivity contribution in [2.45, 2.75) is 63.6 Å². The minimum Gasteiger partial charge on any atom is -0.378 e. The fourth-order valence-electron chi connectivity index (χ4n) is 5.54. The number of benzene rings is 1. The summed E-state index contributed by atoms with van der Waals surface area (Å²) < 4.78 is 20.2. The first-order valence-electron chi connectivity index (χ1n) is 12.2. The van der Waals surface area contributed by atoms with E-state index in [1.54, 1.807) is 0 Å². The molecule has 0 N–H and O–H groups in total. The zero-order valence-corrected chi connectivity index (χ0v) is 20.0. The second-order valence-corrected chi connectivity index (χ2v) is 12.4. The van der Waals surface area contributed by atoms with Gasteiger partial charge in [0.25, 0.3) is 0 Å². The highest BCUT2D eigenvalue weighted by Crippen LogP contribution is 2.66. The Hall–Kier alpha value is -0.870. The lowest BCUT2D eigenvalue weighted by atomic mass is 10.1. The molecule has 0 radical (unpaired) electrons. The van der Waals surface area contributed by atoms with Crippen LogP contribution in [-0.2, 0) is 4.57 Å². The number of piperidine rings is 3. The first-order valence-corrected chi connectivity index (χ1v) is 13.9. The van der Waals surface area contributed by atoms with E-state index in [0.29, 0.717) is 0 Å². The summed E-state index contributed by atoms with van der Waals surface area (Å²) in [5, 5.41) is 0. The maximum atomic E-state index is 15.3. The summed E-state index contributed by atoms with van der Waals surface area (Å²) in [6, 6.07) is 8.94. The molecule has 0 bridgehead atoms. The second kappa shape index (κ2) is 10.2. The zero-order chi connectivity index (χ0) is 21.0. The lowest BCUT2D eigenvalue weighted by Gasteiger charge is -2.49. The molecule has 3 aliphatic heterocycles. The average molecular weight is 433 g/mol. The third-order valence-corrected chi connectivity index (χ3v) is 10.9. The van der Waals surface area contributed by atoms with Crippen LogP contribution in [0.5, 0.6) is 0 Å². The lowest BCUT2D eigenvalue weighted by Crippen LogP contribution is -2.45. The van der Waals surface area contributed by atoms with Gasteiger partial charge < -0.3 is 4.90 Å². The van der Waals surface area contributed by atoms with Crippen molar-refractivity contribution in [3.8, 4) is 0 Å². The van der Waals surface area contributed by atoms with Gasteiger partial charge in [0.15, 0.2) is 0 Å². The molecular formula is C24H41N4OP. The quantitative estimate of drug-likeness (QED) is 0.562. The Bertz CT molecular complexity index is 682. The van der Waals surface area contributed by atoms with E-state index in [1.807, 2.05) is 0 Å². The fourth-order valence-corrected chi connectivity index (χ4v) is 9.45. The molecule has 3 aliphatic rings. The van der Waals surface area contributed by atoms with Gasteiger partial charge in [0, 0.05) is 46.0 Å². The van der Waals surface area contributed by atoms with Crippen molar-refractivity contribution in [3.05, 3.63) is 29.8 Å². The van der Waals surface area contributed by atoms with Crippen molar-refractivity contribution in [3.63, 3.8) is 0 Å². The fraction of sp³-hybridized carbons (Fsp3) is 0.750. The van der Waals surface area contributed by atoms with Crippen LogP contribution in [0.25, 0.3) is 0 Å². The van der Waals surface area contributed by atoms with E-state index >= 15 is 4.57 Å². The van der Waals surface area contributed by atoms with E-state index in [-0.39, 0.29) is 5.78 Å². The largest absolute Gasteiger partial charge is 0.378 e. The van der Waals surface area contributed by atoms with E-state index in [4.69, 9.17) is 0 Å². The van der Waals surface area contributed by atoms with Gasteiger partial charge in [-0.3, -0.25) is 9.46 Å². The molecule has 0 aliphatic carbocycles. The third kappa shape index (κ3) is 4.65. The van der Waals surface area contributed by atoms with E-state index in [2.05, 4.69) is 57.5 Å². The molecule has 3 saturated heterocycles. The van der Waals surface area contributed by atoms with Crippen molar-refractivity contribution < 1.29 is 4.57 Å². The summed E-state index contributed by atoms with van der Waals surface area (Å²) in [6.45, 7) is 6.13. The Labute approximate surface area is 183 Å². The molecule has 0 amide bonds. The van der Waals surface area contributed by atoms with Gasteiger partial charge >= 0.3 is 0 Å². The van der Waals surface area contributed by atoms with Gasteiger partial charge in [-0.1, -0.05) is 31.4 Å². The Kier molecular flexibility index (Phi) is 7.57. The second-order valence-electron chi connectivity index (χ2n) is 9.57. The van der Waals surface area contributed by atoms with E-state index in [1.165, 1.54) is 69.0 Å². The van der Waals surface area contributed by atoms with Crippen LogP contribution >= 0.6 is 7.44 Å². The van der Waals surface area contributed by atoms with Gasteiger partial charge in [-0.25, -0.2) is 9.34 Å². The first kappa shape index (κ1) is 22.3. The Morgan fingerprint density at radius 2 is 1.13 bits per heavy atom. The molecule has 0 saturated carbocycles. The van der Waals surface area contributed by atoms with Gasteiger partial charge in [0.2, 0.25) is 7.44 Å². The van der Waals surface area contributed by atoms with Crippen molar-refractivity contribution in [1.82, 2.24) is 14.2 Å². The molecule has 168 valence electrons. The highest BCUT2D eigenvalue weighted by atomic mass is 31.2. The van der Waals surface area contributed by atoms with E-state index in [0.717, 1.165) is 39.3 Å². The first-order chi connectivity index (χ1) is 14.6. The summed E-state index contributed by atoms with van der Waals surface area (Å²) in [6.07, 6.45) is 11.1. The van der Waals surface area contributed by atoms with Crippen LogP contribution in [0.3, 0.4) is 0 Å². The van der Waals surface area contributed by atoms with Crippen molar-refractivity contribution in [1.29, 1.82) is 0 Å². The minimum atomic E-state index is -2.73. The molecule has 4 rings (SSSR count). The summed E-state index contributed by atoms with van der Waals surface area (Å²) in [5.41, 5.74) is 2.46. The minimum absolute atomic E-state index is 0.00483. The van der Waals surface area contributed by atoms with E-state index in [9.17, 15) is 0 Å². The maximum Gasteiger partial charge on any atom is 0.237 e. The molecule has 1 aromatic rings. The topological polar surface area (TPSA) is 30.0 Å². The Morgan fingerprint density at radius 3 is 1.57 bits per heavy atom. The highest BCUT2D eigenvalue weighted by molar-refractivity contribution is 7.59. The molecule has 3 heterocycles. The van der Waals surface area contributed by atoms with Crippen molar-refractivity contribution in [2.75, 3.05) is 58.3 Å². The number of hydrogen-bond donors (Lipinski definition) is 0. The van der Waals surface area contributed by atoms with Crippen molar-refractivity contribution >= 4 is 13.1 Å². The lowest BCUT2D eigenvalue weighted by molar-refractivity contribution is 0.178. The van der Waals surface area contributed by atoms with Gasteiger partial charge in [-0.2, -0.15) is 0 Å². The van der Waals surface area contributed by atoms with Gasteiger partial charge in [-0.05, 0) is 69.3 Å². The predicted molar refractivity (Wildman–Crippen MR) is 127 cm³/mol. The molecule has 1 aromatic carbocycles. The predicted octanol–water partition coefficient (Wildman–Crippen LogP) is 5.40. The summed E-state index contributed by atoms with van der Waals surface area (Å²) >= 11 is 0. The van der Waals surface area contributed by atoms with Crippen LogP contribution in [0.1, 0.15) is 69.1 Å². The normalized spacial score (nSPS) is 23.9. The molecule has 0 aromatic heterocycles. The van der Waals surface area contributed by atoms with Crippen LogP contribution in [0.2, 0.25) is 0 Å². The van der Waals surface area contributed by atoms with Crippen LogP contribution in [-0.4, -0.2) is 67.6 Å². The number of rotatable bonds is 6. The van der Waals surface area contributed by atoms with E-state index < -0.39 is 7.44 Å². The van der Waals surface area contributed by atoms with Crippen LogP contribution in [0, 0.1) is 0 Å². The van der Waals surface area contributed by atoms with Gasteiger partial charge in [-0.15, -0.1) is 0 Å². The summed E-state index contributed by atoms with van der Waals surface area (Å²) in [7, 11) is 1.44. The number of anilines is 1. The molecule has 5 nitrogen and oxygen atoms in total. The summed E-state index contributed by atoms with van der Waals surface area (Å²) in [4.78, 5) is 4.73. The highest BCUT2D eigenvalue weighted by Gasteiger charge is 2.48. The van der Waals surface area contributed by atoms with Crippen LogP contribution < -0.4 is 4.90 Å². The number of likely N-dealkylation sites (tertiary alicyclic amines) is 1. The number of hydrogen-bond acceptors (Lipinski definition) is 3. The molecule has 3 fully saturated rings. The Morgan fingerprint density at radius 1 is 0.700 bits per heavy atom. The Balaban J connectivity index is 1.76. The summed E-state index contributed by atoms with van der Waals surface area (Å²) in [5.74, 6) is 0.00483. The standard InChI is InChI=1S/C24H41N4OP/c1-25(2)23-14-12-22(13-15-23)24(26-16-6-3-7-17-26)30(29,27-18-8-4-9-19-27)28-20-10-5-11-21-28/h12-15,24H,3-11,16-21H2,1-2H3/t24-/m0/s1. The zero-order valence-electron chi connectivity index (χ0n) is 19.1. The monoisotopic (exact) mass is 432 g/mol. The maximum absolute atomic E-state index is 15.3. The van der Waals surface area contributed by atoms with Crippen LogP contribution in [0.15, 0.2) is 24.3 Å². The van der Waals surface area contributed by atoms with Gasteiger partial charge in [0.05, 0.1) is 0 Å². The van der Waals surface area contributed by atoms with Crippen molar-refractivity contribution in [2.24, 2.45) is 0 Å². The number of nitrogens with zero attached hydrogens (tertiary/aromatic N) is 4. The molecular weight excluding hydrogens is 391 g/mol. The third-order valence-electron chi connectivity index (χ3n) is 7.24.